The average molecular weight is 338 g/mol. The fraction of sp³-hybridized carbons (Fsp3) is 0.263. The van der Waals surface area contributed by atoms with E-state index in [0.29, 0.717) is 16.8 Å². The Balaban J connectivity index is 1.69. The molecular weight excluding hydrogens is 319 g/mol. The molecule has 1 aliphatic heterocycles. The maximum absolute atomic E-state index is 13.7. The number of piperidine rings is 1. The summed E-state index contributed by atoms with van der Waals surface area (Å²) in [5.74, 6) is -0.647. The third-order valence-electron chi connectivity index (χ3n) is 4.76. The summed E-state index contributed by atoms with van der Waals surface area (Å²) in [6.07, 6.45) is 4.10. The third kappa shape index (κ3) is 3.00. The molecule has 1 aliphatic rings. The molecule has 0 saturated carbocycles. The summed E-state index contributed by atoms with van der Waals surface area (Å²) in [5.41, 5.74) is 8.01. The predicted octanol–water partition coefficient (Wildman–Crippen LogP) is 2.73. The normalized spacial score (nSPS) is 17.7. The van der Waals surface area contributed by atoms with Gasteiger partial charge in [-0.05, 0) is 55.1 Å². The Hall–Kier alpha value is -2.73. The van der Waals surface area contributed by atoms with Crippen LogP contribution in [0.4, 0.5) is 4.39 Å². The Kier molecular flexibility index (Phi) is 3.97. The van der Waals surface area contributed by atoms with Crippen molar-refractivity contribution >= 4 is 16.8 Å². The van der Waals surface area contributed by atoms with E-state index in [9.17, 15) is 9.18 Å². The number of halogens is 1. The second-order valence-electron chi connectivity index (χ2n) is 6.46. The van der Waals surface area contributed by atoms with E-state index in [1.807, 2.05) is 12.1 Å². The molecule has 0 spiro atoms. The number of carbonyl (C=O) groups excluding carboxylic acids is 1. The number of primary amides is 1. The quantitative estimate of drug-likeness (QED) is 0.771. The minimum atomic E-state index is -0.685. The number of fused-ring (bicyclic) bond motifs is 1. The van der Waals surface area contributed by atoms with Gasteiger partial charge in [0.15, 0.2) is 0 Å². The molecule has 1 unspecified atom stereocenters. The topological polar surface area (TPSA) is 72.9 Å². The summed E-state index contributed by atoms with van der Waals surface area (Å²) >= 11 is 0. The van der Waals surface area contributed by atoms with Crippen molar-refractivity contribution in [1.29, 1.82) is 0 Å². The highest BCUT2D eigenvalue weighted by Crippen LogP contribution is 2.25. The van der Waals surface area contributed by atoms with Crippen LogP contribution in [0.5, 0.6) is 0 Å². The number of hydrogen-bond acceptors (Lipinski definition) is 3. The van der Waals surface area contributed by atoms with Gasteiger partial charge in [0.05, 0.1) is 11.3 Å². The van der Waals surface area contributed by atoms with Gasteiger partial charge in [-0.3, -0.25) is 4.79 Å². The van der Waals surface area contributed by atoms with E-state index in [4.69, 9.17) is 5.73 Å². The standard InChI is InChI=1S/C19H19FN4O/c20-15-8-14-11-24(23-18(14)17(9-15)19(21)25)16-5-3-12(4-6-16)13-2-1-7-22-10-13/h3-6,8-9,11,13,22H,1-2,7,10H2,(H2,21,25). The molecule has 5 nitrogen and oxygen atoms in total. The van der Waals surface area contributed by atoms with Crippen molar-refractivity contribution in [2.75, 3.05) is 13.1 Å². The lowest BCUT2D eigenvalue weighted by Gasteiger charge is -2.23. The van der Waals surface area contributed by atoms with E-state index >= 15 is 0 Å². The number of nitrogens with two attached hydrogens (primary N) is 1. The second kappa shape index (κ2) is 6.29. The first kappa shape index (κ1) is 15.8. The van der Waals surface area contributed by atoms with Gasteiger partial charge >= 0.3 is 0 Å². The fourth-order valence-corrected chi connectivity index (χ4v) is 3.45. The number of nitrogens with zero attached hydrogens (tertiary/aromatic N) is 2. The van der Waals surface area contributed by atoms with Crippen molar-refractivity contribution in [3.63, 3.8) is 0 Å². The van der Waals surface area contributed by atoms with Crippen LogP contribution in [-0.2, 0) is 0 Å². The fourth-order valence-electron chi connectivity index (χ4n) is 3.45. The Labute approximate surface area is 144 Å². The highest BCUT2D eigenvalue weighted by molar-refractivity contribution is 6.04. The first-order valence-electron chi connectivity index (χ1n) is 8.41. The van der Waals surface area contributed by atoms with E-state index in [1.54, 1.807) is 10.9 Å². The van der Waals surface area contributed by atoms with Crippen LogP contribution in [0.1, 0.15) is 34.7 Å². The molecule has 0 radical (unpaired) electrons. The minimum Gasteiger partial charge on any atom is -0.366 e. The number of aromatic nitrogens is 2. The van der Waals surface area contributed by atoms with E-state index < -0.39 is 11.7 Å². The lowest BCUT2D eigenvalue weighted by molar-refractivity contribution is 0.100. The van der Waals surface area contributed by atoms with Gasteiger partial charge in [-0.2, -0.15) is 5.10 Å². The highest BCUT2D eigenvalue weighted by Gasteiger charge is 2.16. The van der Waals surface area contributed by atoms with Crippen molar-refractivity contribution < 1.29 is 9.18 Å². The van der Waals surface area contributed by atoms with Gasteiger partial charge in [0, 0.05) is 18.1 Å². The van der Waals surface area contributed by atoms with Gasteiger partial charge in [-0.15, -0.1) is 0 Å². The van der Waals surface area contributed by atoms with Crippen molar-refractivity contribution in [3.05, 3.63) is 59.5 Å². The van der Waals surface area contributed by atoms with Crippen molar-refractivity contribution in [2.45, 2.75) is 18.8 Å². The molecule has 25 heavy (non-hydrogen) atoms. The Morgan fingerprint density at radius 2 is 2.08 bits per heavy atom. The summed E-state index contributed by atoms with van der Waals surface area (Å²) in [7, 11) is 0. The molecule has 128 valence electrons. The molecule has 0 aliphatic carbocycles. The number of amides is 1. The molecule has 3 aromatic rings. The molecule has 1 amide bonds. The monoisotopic (exact) mass is 338 g/mol. The highest BCUT2D eigenvalue weighted by atomic mass is 19.1. The van der Waals surface area contributed by atoms with Crippen LogP contribution < -0.4 is 11.1 Å². The van der Waals surface area contributed by atoms with Crippen LogP contribution in [0, 0.1) is 5.82 Å². The van der Waals surface area contributed by atoms with Gasteiger partial charge in [0.1, 0.15) is 11.3 Å². The van der Waals surface area contributed by atoms with Crippen LogP contribution in [0.2, 0.25) is 0 Å². The summed E-state index contributed by atoms with van der Waals surface area (Å²) in [6, 6.07) is 10.7. The molecular formula is C19H19FN4O. The molecule has 2 heterocycles. The molecule has 4 rings (SSSR count). The van der Waals surface area contributed by atoms with Gasteiger partial charge in [-0.1, -0.05) is 12.1 Å². The molecule has 3 N–H and O–H groups in total. The minimum absolute atomic E-state index is 0.0960. The second-order valence-corrected chi connectivity index (χ2v) is 6.46. The van der Waals surface area contributed by atoms with Gasteiger partial charge in [0.2, 0.25) is 0 Å². The Morgan fingerprint density at radius 1 is 1.28 bits per heavy atom. The van der Waals surface area contributed by atoms with Crippen molar-refractivity contribution in [2.24, 2.45) is 5.73 Å². The van der Waals surface area contributed by atoms with Gasteiger partial charge in [-0.25, -0.2) is 9.07 Å². The van der Waals surface area contributed by atoms with Crippen LogP contribution >= 0.6 is 0 Å². The molecule has 1 aromatic heterocycles. The summed E-state index contributed by atoms with van der Waals surface area (Å²) < 4.78 is 15.3. The molecule has 1 fully saturated rings. The van der Waals surface area contributed by atoms with Crippen molar-refractivity contribution in [1.82, 2.24) is 15.1 Å². The maximum Gasteiger partial charge on any atom is 0.251 e. The van der Waals surface area contributed by atoms with E-state index in [-0.39, 0.29) is 5.56 Å². The number of rotatable bonds is 3. The van der Waals surface area contributed by atoms with Crippen molar-refractivity contribution in [3.8, 4) is 5.69 Å². The largest absolute Gasteiger partial charge is 0.366 e. The molecule has 1 saturated heterocycles. The molecule has 0 bridgehead atoms. The van der Waals surface area contributed by atoms with Gasteiger partial charge in [0.25, 0.3) is 5.91 Å². The van der Waals surface area contributed by atoms with E-state index in [1.165, 1.54) is 24.5 Å². The zero-order valence-electron chi connectivity index (χ0n) is 13.7. The Bertz CT molecular complexity index is 926. The molecule has 1 atom stereocenters. The third-order valence-corrected chi connectivity index (χ3v) is 4.76. The number of hydrogen-bond donors (Lipinski definition) is 2. The molecule has 6 heteroatoms. The van der Waals surface area contributed by atoms with Crippen LogP contribution in [-0.4, -0.2) is 28.8 Å². The Morgan fingerprint density at radius 3 is 2.76 bits per heavy atom. The predicted molar refractivity (Wildman–Crippen MR) is 94.4 cm³/mol. The first-order valence-corrected chi connectivity index (χ1v) is 8.41. The zero-order valence-corrected chi connectivity index (χ0v) is 13.7. The van der Waals surface area contributed by atoms with Crippen LogP contribution in [0.25, 0.3) is 16.6 Å². The maximum atomic E-state index is 13.7. The SMILES string of the molecule is NC(=O)c1cc(F)cc2cn(-c3ccc(C4CCCNC4)cc3)nc12. The summed E-state index contributed by atoms with van der Waals surface area (Å²) in [4.78, 5) is 11.5. The summed E-state index contributed by atoms with van der Waals surface area (Å²) in [6.45, 7) is 2.10. The number of nitrogens with one attached hydrogen (secondary N) is 1. The van der Waals surface area contributed by atoms with Crippen LogP contribution in [0.15, 0.2) is 42.6 Å². The molecule has 2 aromatic carbocycles. The summed E-state index contributed by atoms with van der Waals surface area (Å²) in [5, 5.41) is 8.40. The lowest BCUT2D eigenvalue weighted by atomic mass is 9.92. The lowest BCUT2D eigenvalue weighted by Crippen LogP contribution is -2.28. The number of carbonyl (C=O) groups is 1. The van der Waals surface area contributed by atoms with E-state index in [0.717, 1.165) is 24.8 Å². The smallest absolute Gasteiger partial charge is 0.251 e. The van der Waals surface area contributed by atoms with Crippen LogP contribution in [0.3, 0.4) is 0 Å². The number of benzene rings is 2. The van der Waals surface area contributed by atoms with Gasteiger partial charge < -0.3 is 11.1 Å². The average Bonchev–Trinajstić information content (AvgIpc) is 3.05. The van der Waals surface area contributed by atoms with E-state index in [2.05, 4.69) is 22.5 Å². The zero-order chi connectivity index (χ0) is 17.4. The first-order chi connectivity index (χ1) is 12.1.